The molecule has 0 spiro atoms. The van der Waals surface area contributed by atoms with Crippen LogP contribution < -0.4 is 0 Å². The van der Waals surface area contributed by atoms with Crippen LogP contribution in [0.1, 0.15) is 0 Å². The van der Waals surface area contributed by atoms with E-state index in [2.05, 4.69) is 12.6 Å². The van der Waals surface area contributed by atoms with Crippen LogP contribution in [0.4, 0.5) is 0 Å². The Balaban J connectivity index is -0.0000000480. The van der Waals surface area contributed by atoms with Gasteiger partial charge in [-0.2, -0.15) is 12.6 Å². The Morgan fingerprint density at radius 3 is 1.00 bits per heavy atom. The van der Waals surface area contributed by atoms with Crippen molar-refractivity contribution < 1.29 is 0 Å². The molecule has 0 aliphatic heterocycles. The highest BCUT2D eigenvalue weighted by molar-refractivity contribution is 7.79. The van der Waals surface area contributed by atoms with E-state index in [1.54, 1.807) is 6.26 Å². The van der Waals surface area contributed by atoms with E-state index in [1.165, 1.54) is 0 Å². The van der Waals surface area contributed by atoms with E-state index in [9.17, 15) is 0 Å². The molecule has 0 N–H and O–H groups in total. The van der Waals surface area contributed by atoms with Crippen molar-refractivity contribution in [3.05, 3.63) is 0 Å². The molecular formula is C4H14ClNS. The van der Waals surface area contributed by atoms with Crippen molar-refractivity contribution in [1.29, 1.82) is 0 Å². The molecule has 0 radical (unpaired) electrons. The average Bonchev–Trinajstić information content (AvgIpc) is 1.41. The minimum Gasteiger partial charge on any atom is -0.312 e. The van der Waals surface area contributed by atoms with Crippen molar-refractivity contribution in [2.24, 2.45) is 0 Å². The average molecular weight is 144 g/mol. The zero-order valence-electron chi connectivity index (χ0n) is 5.30. The molecule has 0 saturated carbocycles. The van der Waals surface area contributed by atoms with Gasteiger partial charge in [0.25, 0.3) is 0 Å². The molecule has 0 heterocycles. The topological polar surface area (TPSA) is 3.24 Å². The van der Waals surface area contributed by atoms with Crippen molar-refractivity contribution >= 4 is 25.0 Å². The Bertz CT molecular complexity index is 16.4. The second kappa shape index (κ2) is 16.0. The Labute approximate surface area is 57.9 Å². The number of hydrogen-bond acceptors (Lipinski definition) is 2. The van der Waals surface area contributed by atoms with Crippen molar-refractivity contribution in [3.8, 4) is 0 Å². The largest absolute Gasteiger partial charge is 0.312 e. The minimum absolute atomic E-state index is 0. The summed E-state index contributed by atoms with van der Waals surface area (Å²) in [5, 5.41) is 0. The van der Waals surface area contributed by atoms with Crippen LogP contribution in [-0.4, -0.2) is 32.3 Å². The molecule has 0 aromatic carbocycles. The fourth-order valence-corrected chi connectivity index (χ4v) is 0. The summed E-state index contributed by atoms with van der Waals surface area (Å²) in [7, 11) is 6.00. The normalized spacial score (nSPS) is 6.00. The quantitative estimate of drug-likeness (QED) is 0.498. The van der Waals surface area contributed by atoms with Gasteiger partial charge in [0.2, 0.25) is 0 Å². The van der Waals surface area contributed by atoms with Gasteiger partial charge in [-0.1, -0.05) is 0 Å². The first kappa shape index (κ1) is 15.6. The molecule has 0 fully saturated rings. The molecule has 48 valence electrons. The number of halogens is 1. The molecule has 0 aliphatic carbocycles. The predicted molar refractivity (Wildman–Crippen MR) is 41.8 cm³/mol. The van der Waals surface area contributed by atoms with Gasteiger partial charge in [0.15, 0.2) is 0 Å². The lowest BCUT2D eigenvalue weighted by molar-refractivity contribution is 0.505. The van der Waals surface area contributed by atoms with Gasteiger partial charge in [-0.05, 0) is 27.4 Å². The summed E-state index contributed by atoms with van der Waals surface area (Å²) < 4.78 is 0. The third-order valence-corrected chi connectivity index (χ3v) is 0. The second-order valence-corrected chi connectivity index (χ2v) is 1.34. The number of thiol groups is 1. The summed E-state index contributed by atoms with van der Waals surface area (Å²) in [5.74, 6) is 0. The first-order valence-electron chi connectivity index (χ1n) is 1.79. The van der Waals surface area contributed by atoms with Gasteiger partial charge >= 0.3 is 0 Å². The fraction of sp³-hybridized carbons (Fsp3) is 1.00. The highest BCUT2D eigenvalue weighted by Gasteiger charge is 1.58. The second-order valence-electron chi connectivity index (χ2n) is 1.34. The van der Waals surface area contributed by atoms with E-state index in [0.29, 0.717) is 0 Å². The highest BCUT2D eigenvalue weighted by Crippen LogP contribution is 1.47. The molecule has 0 rings (SSSR count). The molecule has 0 unspecified atom stereocenters. The molecule has 0 saturated heterocycles. The Hall–Kier alpha value is 0.600. The van der Waals surface area contributed by atoms with Gasteiger partial charge in [0.1, 0.15) is 0 Å². The maximum atomic E-state index is 3.53. The van der Waals surface area contributed by atoms with E-state index in [4.69, 9.17) is 0 Å². The lowest BCUT2D eigenvalue weighted by Crippen LogP contribution is -1.99. The molecule has 0 atom stereocenters. The highest BCUT2D eigenvalue weighted by atomic mass is 35.5. The molecule has 0 aromatic heterocycles. The molecule has 0 aliphatic rings. The van der Waals surface area contributed by atoms with Gasteiger partial charge in [-0.3, -0.25) is 0 Å². The van der Waals surface area contributed by atoms with Crippen LogP contribution in [0.3, 0.4) is 0 Å². The van der Waals surface area contributed by atoms with Crippen LogP contribution in [0, 0.1) is 0 Å². The lowest BCUT2D eigenvalue weighted by Gasteiger charge is -1.90. The monoisotopic (exact) mass is 143 g/mol. The van der Waals surface area contributed by atoms with E-state index in [-0.39, 0.29) is 12.4 Å². The van der Waals surface area contributed by atoms with E-state index in [0.717, 1.165) is 0 Å². The molecule has 0 aromatic rings. The van der Waals surface area contributed by atoms with Gasteiger partial charge in [0.05, 0.1) is 0 Å². The summed E-state index contributed by atoms with van der Waals surface area (Å²) in [6, 6.07) is 0. The van der Waals surface area contributed by atoms with Crippen LogP contribution >= 0.6 is 25.0 Å². The molecule has 0 bridgehead atoms. The predicted octanol–water partition coefficient (Wildman–Crippen LogP) is 1.15. The smallest absolute Gasteiger partial charge is 0.0140 e. The molecule has 0 amide bonds. The van der Waals surface area contributed by atoms with E-state index >= 15 is 0 Å². The number of hydrogen-bond donors (Lipinski definition) is 1. The first-order valence-corrected chi connectivity index (χ1v) is 2.68. The van der Waals surface area contributed by atoms with E-state index < -0.39 is 0 Å². The maximum Gasteiger partial charge on any atom is -0.0140 e. The Kier molecular flexibility index (Phi) is 35.7. The number of nitrogens with zero attached hydrogens (tertiary/aromatic N) is 1. The summed E-state index contributed by atoms with van der Waals surface area (Å²) in [4.78, 5) is 2.00. The van der Waals surface area contributed by atoms with Crippen LogP contribution in [0.5, 0.6) is 0 Å². The summed E-state index contributed by atoms with van der Waals surface area (Å²) in [6.07, 6.45) is 1.69. The Morgan fingerprint density at radius 1 is 1.00 bits per heavy atom. The summed E-state index contributed by atoms with van der Waals surface area (Å²) >= 11 is 3.53. The number of rotatable bonds is 0. The lowest BCUT2D eigenvalue weighted by atomic mass is 11.0. The van der Waals surface area contributed by atoms with Crippen LogP contribution in [-0.2, 0) is 0 Å². The standard InChI is InChI=1S/C3H9N.CH4S.ClH/c1-4(2)3;1-2;/h1-3H3;2H,1H3;1H. The third-order valence-electron chi connectivity index (χ3n) is 0. The zero-order valence-corrected chi connectivity index (χ0v) is 7.01. The third kappa shape index (κ3) is 388. The molecule has 3 heteroatoms. The van der Waals surface area contributed by atoms with Crippen molar-refractivity contribution in [2.45, 2.75) is 0 Å². The fourth-order valence-electron chi connectivity index (χ4n) is 0. The minimum atomic E-state index is 0. The maximum absolute atomic E-state index is 3.53. The van der Waals surface area contributed by atoms with Gasteiger partial charge in [-0.15, -0.1) is 12.4 Å². The van der Waals surface area contributed by atoms with Crippen LogP contribution in [0.25, 0.3) is 0 Å². The first-order chi connectivity index (χ1) is 2.73. The van der Waals surface area contributed by atoms with Gasteiger partial charge < -0.3 is 4.90 Å². The van der Waals surface area contributed by atoms with Crippen molar-refractivity contribution in [2.75, 3.05) is 27.4 Å². The summed E-state index contributed by atoms with van der Waals surface area (Å²) in [5.41, 5.74) is 0. The molecule has 7 heavy (non-hydrogen) atoms. The van der Waals surface area contributed by atoms with Crippen molar-refractivity contribution in [3.63, 3.8) is 0 Å². The SMILES string of the molecule is CN(C)C.CS.Cl. The molecular weight excluding hydrogens is 130 g/mol. The van der Waals surface area contributed by atoms with Gasteiger partial charge in [-0.25, -0.2) is 0 Å². The zero-order chi connectivity index (χ0) is 5.58. The van der Waals surface area contributed by atoms with E-state index in [1.807, 2.05) is 26.0 Å². The van der Waals surface area contributed by atoms with Crippen LogP contribution in [0.2, 0.25) is 0 Å². The Morgan fingerprint density at radius 2 is 1.00 bits per heavy atom. The van der Waals surface area contributed by atoms with Crippen molar-refractivity contribution in [1.82, 2.24) is 4.90 Å². The summed E-state index contributed by atoms with van der Waals surface area (Å²) in [6.45, 7) is 0. The molecule has 1 nitrogen and oxygen atoms in total. The van der Waals surface area contributed by atoms with Gasteiger partial charge in [0, 0.05) is 0 Å². The van der Waals surface area contributed by atoms with Crippen LogP contribution in [0.15, 0.2) is 0 Å².